The average molecular weight is 279 g/mol. The molecule has 0 aromatic heterocycles. The maximum Gasteiger partial charge on any atom is 0.119 e. The number of rotatable bonds is 6. The van der Waals surface area contributed by atoms with Gasteiger partial charge in [-0.15, -0.1) is 0 Å². The van der Waals surface area contributed by atoms with Crippen LogP contribution in [0, 0.1) is 5.92 Å². The van der Waals surface area contributed by atoms with Gasteiger partial charge >= 0.3 is 0 Å². The number of aliphatic hydroxyl groups excluding tert-OH is 2. The van der Waals surface area contributed by atoms with Gasteiger partial charge in [0.15, 0.2) is 0 Å². The molecule has 1 fully saturated rings. The fourth-order valence-electron chi connectivity index (χ4n) is 2.72. The van der Waals surface area contributed by atoms with Crippen LogP contribution < -0.4 is 10.5 Å². The van der Waals surface area contributed by atoms with Gasteiger partial charge in [-0.2, -0.15) is 0 Å². The molecule has 0 aliphatic heterocycles. The van der Waals surface area contributed by atoms with E-state index in [1.165, 1.54) is 6.42 Å². The zero-order valence-electron chi connectivity index (χ0n) is 11.9. The summed E-state index contributed by atoms with van der Waals surface area (Å²) in [6.45, 7) is 0.998. The lowest BCUT2D eigenvalue weighted by molar-refractivity contribution is 0.0421. The van der Waals surface area contributed by atoms with Gasteiger partial charge in [0, 0.05) is 5.92 Å². The summed E-state index contributed by atoms with van der Waals surface area (Å²) in [6, 6.07) is 7.49. The second-order valence-electron chi connectivity index (χ2n) is 5.59. The molecule has 0 spiro atoms. The molecule has 1 aromatic rings. The molecule has 4 heteroatoms. The quantitative estimate of drug-likeness (QED) is 0.744. The summed E-state index contributed by atoms with van der Waals surface area (Å²) in [5, 5.41) is 19.9. The van der Waals surface area contributed by atoms with E-state index in [-0.39, 0.29) is 12.0 Å². The summed E-state index contributed by atoms with van der Waals surface area (Å²) in [5.74, 6) is 0.970. The molecule has 112 valence electrons. The Balaban J connectivity index is 1.90. The number of hydrogen-bond acceptors (Lipinski definition) is 4. The van der Waals surface area contributed by atoms with E-state index in [0.29, 0.717) is 19.6 Å². The molecule has 1 aliphatic rings. The molecule has 4 nitrogen and oxygen atoms in total. The summed E-state index contributed by atoms with van der Waals surface area (Å²) in [4.78, 5) is 0. The predicted octanol–water partition coefficient (Wildman–Crippen LogP) is 2.00. The van der Waals surface area contributed by atoms with Gasteiger partial charge in [-0.1, -0.05) is 25.0 Å². The number of nitrogens with two attached hydrogens (primary N) is 1. The molecule has 0 heterocycles. The molecule has 3 atom stereocenters. The first kappa shape index (κ1) is 15.3. The predicted molar refractivity (Wildman–Crippen MR) is 78.5 cm³/mol. The zero-order chi connectivity index (χ0) is 14.4. The van der Waals surface area contributed by atoms with Gasteiger partial charge in [-0.25, -0.2) is 0 Å². The normalized spacial score (nSPS) is 24.4. The highest BCUT2D eigenvalue weighted by molar-refractivity contribution is 5.29. The highest BCUT2D eigenvalue weighted by Gasteiger charge is 2.23. The van der Waals surface area contributed by atoms with E-state index in [4.69, 9.17) is 10.5 Å². The minimum atomic E-state index is -0.538. The van der Waals surface area contributed by atoms with Gasteiger partial charge in [0.1, 0.15) is 5.75 Å². The second kappa shape index (κ2) is 7.62. The topological polar surface area (TPSA) is 75.7 Å². The first-order valence-corrected chi connectivity index (χ1v) is 7.49. The van der Waals surface area contributed by atoms with Gasteiger partial charge in [0.25, 0.3) is 0 Å². The Kier molecular flexibility index (Phi) is 5.83. The molecule has 1 aliphatic carbocycles. The van der Waals surface area contributed by atoms with E-state index in [9.17, 15) is 10.2 Å². The van der Waals surface area contributed by atoms with E-state index >= 15 is 0 Å². The Morgan fingerprint density at radius 2 is 2.10 bits per heavy atom. The number of aliphatic hydroxyl groups is 2. The van der Waals surface area contributed by atoms with Crippen molar-refractivity contribution in [2.24, 2.45) is 11.7 Å². The van der Waals surface area contributed by atoms with Crippen molar-refractivity contribution in [3.8, 4) is 5.75 Å². The molecule has 20 heavy (non-hydrogen) atoms. The molecular weight excluding hydrogens is 254 g/mol. The Hall–Kier alpha value is -1.10. The van der Waals surface area contributed by atoms with Gasteiger partial charge in [-0.05, 0) is 43.5 Å². The van der Waals surface area contributed by atoms with Crippen LogP contribution in [-0.2, 0) is 0 Å². The first-order chi connectivity index (χ1) is 9.70. The van der Waals surface area contributed by atoms with E-state index in [1.54, 1.807) is 0 Å². The highest BCUT2D eigenvalue weighted by Crippen LogP contribution is 2.26. The Morgan fingerprint density at radius 3 is 2.85 bits per heavy atom. The van der Waals surface area contributed by atoms with Crippen LogP contribution in [0.5, 0.6) is 5.75 Å². The third-order valence-electron chi connectivity index (χ3n) is 4.02. The number of benzene rings is 1. The summed E-state index contributed by atoms with van der Waals surface area (Å²) in [7, 11) is 0. The van der Waals surface area contributed by atoms with Gasteiger partial charge in [-0.3, -0.25) is 0 Å². The van der Waals surface area contributed by atoms with Crippen LogP contribution in [0.25, 0.3) is 0 Å². The largest absolute Gasteiger partial charge is 0.493 e. The Morgan fingerprint density at radius 1 is 1.30 bits per heavy atom. The van der Waals surface area contributed by atoms with Crippen LogP contribution in [0.15, 0.2) is 24.3 Å². The van der Waals surface area contributed by atoms with Crippen LogP contribution >= 0.6 is 0 Å². The summed E-state index contributed by atoms with van der Waals surface area (Å²) in [5.41, 5.74) is 6.29. The van der Waals surface area contributed by atoms with E-state index in [1.807, 2.05) is 24.3 Å². The maximum absolute atomic E-state index is 9.93. The fourth-order valence-corrected chi connectivity index (χ4v) is 2.72. The van der Waals surface area contributed by atoms with Crippen molar-refractivity contribution >= 4 is 0 Å². The van der Waals surface area contributed by atoms with Crippen molar-refractivity contribution in [2.45, 2.75) is 44.3 Å². The second-order valence-corrected chi connectivity index (χ2v) is 5.59. The Bertz CT molecular complexity index is 410. The van der Waals surface area contributed by atoms with Crippen molar-refractivity contribution in [2.75, 3.05) is 13.2 Å². The Labute approximate surface area is 120 Å². The standard InChI is InChI=1S/C16H25NO3/c17-9-8-16(19)12-5-3-6-14(10-12)20-11-13-4-1-2-7-15(13)18/h3,5-6,10,13,15-16,18-19H,1-2,4,7-9,11,17H2/t13-,15?,16-/m1/s1. The smallest absolute Gasteiger partial charge is 0.119 e. The third-order valence-corrected chi connectivity index (χ3v) is 4.02. The summed E-state index contributed by atoms with van der Waals surface area (Å²) >= 11 is 0. The SMILES string of the molecule is NCC[C@@H](O)c1cccc(OC[C@H]2CCCCC2O)c1. The zero-order valence-corrected chi connectivity index (χ0v) is 11.9. The fraction of sp³-hybridized carbons (Fsp3) is 0.625. The minimum absolute atomic E-state index is 0.223. The lowest BCUT2D eigenvalue weighted by Crippen LogP contribution is -2.29. The van der Waals surface area contributed by atoms with Crippen molar-refractivity contribution in [3.05, 3.63) is 29.8 Å². The molecule has 1 saturated carbocycles. The molecule has 1 unspecified atom stereocenters. The van der Waals surface area contributed by atoms with E-state index in [0.717, 1.165) is 30.6 Å². The highest BCUT2D eigenvalue weighted by atomic mass is 16.5. The van der Waals surface area contributed by atoms with Crippen molar-refractivity contribution in [1.29, 1.82) is 0 Å². The van der Waals surface area contributed by atoms with E-state index in [2.05, 4.69) is 0 Å². The van der Waals surface area contributed by atoms with Crippen LogP contribution in [0.3, 0.4) is 0 Å². The lowest BCUT2D eigenvalue weighted by atomic mass is 9.87. The van der Waals surface area contributed by atoms with Crippen LogP contribution in [0.1, 0.15) is 43.8 Å². The molecular formula is C16H25NO3. The van der Waals surface area contributed by atoms with Gasteiger partial charge in [0.2, 0.25) is 0 Å². The molecule has 1 aromatic carbocycles. The monoisotopic (exact) mass is 279 g/mol. The van der Waals surface area contributed by atoms with Crippen LogP contribution in [0.2, 0.25) is 0 Å². The van der Waals surface area contributed by atoms with Crippen LogP contribution in [0.4, 0.5) is 0 Å². The van der Waals surface area contributed by atoms with Crippen molar-refractivity contribution < 1.29 is 14.9 Å². The molecule has 4 N–H and O–H groups in total. The molecule has 0 bridgehead atoms. The van der Waals surface area contributed by atoms with Gasteiger partial charge < -0.3 is 20.7 Å². The number of ether oxygens (including phenoxy) is 1. The lowest BCUT2D eigenvalue weighted by Gasteiger charge is -2.27. The molecule has 2 rings (SSSR count). The summed E-state index contributed by atoms with van der Waals surface area (Å²) < 4.78 is 5.78. The molecule has 0 amide bonds. The van der Waals surface area contributed by atoms with Gasteiger partial charge in [0.05, 0.1) is 18.8 Å². The molecule has 0 radical (unpaired) electrons. The summed E-state index contributed by atoms with van der Waals surface area (Å²) in [6.07, 6.45) is 3.95. The van der Waals surface area contributed by atoms with Crippen molar-refractivity contribution in [3.63, 3.8) is 0 Å². The third kappa shape index (κ3) is 4.20. The van der Waals surface area contributed by atoms with Crippen molar-refractivity contribution in [1.82, 2.24) is 0 Å². The first-order valence-electron chi connectivity index (χ1n) is 7.49. The minimum Gasteiger partial charge on any atom is -0.493 e. The van der Waals surface area contributed by atoms with Crippen LogP contribution in [-0.4, -0.2) is 29.5 Å². The number of hydrogen-bond donors (Lipinski definition) is 3. The average Bonchev–Trinajstić information content (AvgIpc) is 2.47. The maximum atomic E-state index is 9.93. The van der Waals surface area contributed by atoms with E-state index < -0.39 is 6.10 Å². The molecule has 0 saturated heterocycles.